The number of carbonyl (C=O) groups excluding carboxylic acids is 6. The SMILES string of the molecule is O=C(Oc1cc2c(cc1OC(=O)c1cccnc1)Cc1cc(OC(=O)c3cccnc3)c(OC(=O)c3cccnc3)cc1Cc1cc(OC(=O)c3cccnc3)c(OC(=O)c3cccnc3)cc1C2)c1cccnc1. The smallest absolute Gasteiger partial charge is 0.345 e. The maximum Gasteiger partial charge on any atom is 0.345 e. The molecule has 18 nitrogen and oxygen atoms in total. The van der Waals surface area contributed by atoms with Crippen molar-refractivity contribution in [2.45, 2.75) is 19.3 Å². The molecule has 10 rings (SSSR count). The molecule has 1 aliphatic rings. The molecule has 366 valence electrons. The van der Waals surface area contributed by atoms with E-state index in [9.17, 15) is 28.8 Å². The molecule has 75 heavy (non-hydrogen) atoms. The number of hydrogen-bond donors (Lipinski definition) is 0. The van der Waals surface area contributed by atoms with Crippen LogP contribution in [-0.4, -0.2) is 65.7 Å². The summed E-state index contributed by atoms with van der Waals surface area (Å²) in [4.78, 5) is 107. The van der Waals surface area contributed by atoms with E-state index in [2.05, 4.69) is 29.9 Å². The van der Waals surface area contributed by atoms with Gasteiger partial charge in [-0.1, -0.05) is 0 Å². The van der Waals surface area contributed by atoms with Crippen LogP contribution in [0, 0.1) is 0 Å². The Bertz CT molecular complexity index is 3010. The number of fused-ring (bicyclic) bond motifs is 3. The first-order chi connectivity index (χ1) is 36.6. The standard InChI is InChI=1S/C57H36N6O12/c64-52(34-7-1-13-58-28-34)70-46-22-40-19-42-24-48(72-54(66)36-9-3-15-60-30-36)50(74-56(68)38-11-5-17-62-32-38)26-44(42)21-45-27-51(75-57(69)39-12-6-18-63-33-39)49(73-55(67)37-10-4-16-61-31-37)25-43(45)20-41(40)23-47(46)71-53(65)35-8-2-14-59-29-35/h1-18,22-33H,19-21H2. The zero-order chi connectivity index (χ0) is 51.7. The second kappa shape index (κ2) is 21.8. The fraction of sp³-hybridized carbons (Fsp3) is 0.0526. The molecule has 0 N–H and O–H groups in total. The van der Waals surface area contributed by atoms with E-state index in [0.717, 1.165) is 0 Å². The highest BCUT2D eigenvalue weighted by Crippen LogP contribution is 2.42. The van der Waals surface area contributed by atoms with Crippen molar-refractivity contribution in [3.05, 3.63) is 250 Å². The average molecular weight is 997 g/mol. The third-order valence-corrected chi connectivity index (χ3v) is 11.5. The number of ether oxygens (including phenoxy) is 6. The molecule has 0 bridgehead atoms. The summed E-state index contributed by atoms with van der Waals surface area (Å²) >= 11 is 0. The maximum absolute atomic E-state index is 13.8. The molecule has 0 saturated heterocycles. The van der Waals surface area contributed by atoms with Crippen molar-refractivity contribution in [1.29, 1.82) is 0 Å². The van der Waals surface area contributed by atoms with E-state index >= 15 is 0 Å². The first-order valence-electron chi connectivity index (χ1n) is 22.8. The fourth-order valence-electron chi connectivity index (χ4n) is 7.87. The van der Waals surface area contributed by atoms with Crippen LogP contribution in [0.2, 0.25) is 0 Å². The van der Waals surface area contributed by atoms with Gasteiger partial charge in [-0.25, -0.2) is 28.8 Å². The Labute approximate surface area is 425 Å². The van der Waals surface area contributed by atoms with Crippen molar-refractivity contribution in [2.24, 2.45) is 0 Å². The molecule has 0 atom stereocenters. The van der Waals surface area contributed by atoms with Crippen LogP contribution in [0.5, 0.6) is 34.5 Å². The van der Waals surface area contributed by atoms with Gasteiger partial charge >= 0.3 is 35.8 Å². The summed E-state index contributed by atoms with van der Waals surface area (Å²) in [5, 5.41) is 0. The number of benzene rings is 3. The lowest BCUT2D eigenvalue weighted by atomic mass is 9.94. The molecule has 0 spiro atoms. The molecule has 0 aliphatic heterocycles. The van der Waals surface area contributed by atoms with Gasteiger partial charge in [0.2, 0.25) is 0 Å². The Morgan fingerprint density at radius 3 is 0.560 bits per heavy atom. The molecule has 1 aliphatic carbocycles. The van der Waals surface area contributed by atoms with Crippen molar-refractivity contribution in [3.8, 4) is 34.5 Å². The van der Waals surface area contributed by atoms with Crippen molar-refractivity contribution < 1.29 is 57.2 Å². The summed E-state index contributed by atoms with van der Waals surface area (Å²) in [5.41, 5.74) is 3.73. The zero-order valence-electron chi connectivity index (χ0n) is 39.0. The fourth-order valence-corrected chi connectivity index (χ4v) is 7.87. The third-order valence-electron chi connectivity index (χ3n) is 11.5. The van der Waals surface area contributed by atoms with E-state index < -0.39 is 35.8 Å². The Morgan fingerprint density at radius 1 is 0.267 bits per heavy atom. The van der Waals surface area contributed by atoms with E-state index in [0.29, 0.717) is 33.4 Å². The summed E-state index contributed by atoms with van der Waals surface area (Å²) in [6.07, 6.45) is 17.0. The summed E-state index contributed by atoms with van der Waals surface area (Å²) in [6.45, 7) is 0. The molecule has 6 aromatic heterocycles. The maximum atomic E-state index is 13.8. The van der Waals surface area contributed by atoms with Gasteiger partial charge in [-0.05, 0) is 162 Å². The number of pyridine rings is 6. The first-order valence-corrected chi connectivity index (χ1v) is 22.8. The highest BCUT2D eigenvalue weighted by atomic mass is 16.6. The number of nitrogens with zero attached hydrogens (tertiary/aromatic N) is 6. The van der Waals surface area contributed by atoms with E-state index in [1.807, 2.05) is 0 Å². The van der Waals surface area contributed by atoms with Crippen LogP contribution < -0.4 is 28.4 Å². The van der Waals surface area contributed by atoms with Crippen molar-refractivity contribution in [1.82, 2.24) is 29.9 Å². The molecule has 6 heterocycles. The number of aromatic nitrogens is 6. The summed E-state index contributed by atoms with van der Waals surface area (Å²) < 4.78 is 36.0. The van der Waals surface area contributed by atoms with E-state index in [1.165, 1.54) is 111 Å². The molecular weight excluding hydrogens is 961 g/mol. The van der Waals surface area contributed by atoms with Crippen LogP contribution >= 0.6 is 0 Å². The van der Waals surface area contributed by atoms with Gasteiger partial charge in [0.1, 0.15) is 0 Å². The van der Waals surface area contributed by atoms with E-state index in [-0.39, 0.29) is 87.1 Å². The molecule has 18 heteroatoms. The Balaban J connectivity index is 1.17. The Hall–Kier alpha value is -10.6. The summed E-state index contributed by atoms with van der Waals surface area (Å²) in [5.74, 6) is -5.73. The van der Waals surface area contributed by atoms with Gasteiger partial charge in [-0.2, -0.15) is 0 Å². The molecule has 3 aromatic carbocycles. The number of hydrogen-bond acceptors (Lipinski definition) is 18. The van der Waals surface area contributed by atoms with Gasteiger partial charge in [-0.15, -0.1) is 0 Å². The van der Waals surface area contributed by atoms with Gasteiger partial charge in [0.25, 0.3) is 0 Å². The van der Waals surface area contributed by atoms with Gasteiger partial charge in [0.15, 0.2) is 34.5 Å². The predicted octanol–water partition coefficient (Wildman–Crippen LogP) is 8.46. The number of rotatable bonds is 12. The van der Waals surface area contributed by atoms with E-state index in [4.69, 9.17) is 28.4 Å². The molecular formula is C57H36N6O12. The lowest BCUT2D eigenvalue weighted by molar-refractivity contribution is 0.0681. The Kier molecular flexibility index (Phi) is 14.0. The van der Waals surface area contributed by atoms with Gasteiger partial charge in [0, 0.05) is 74.4 Å². The average Bonchev–Trinajstić information content (AvgIpc) is 3.51. The van der Waals surface area contributed by atoms with Crippen molar-refractivity contribution in [3.63, 3.8) is 0 Å². The van der Waals surface area contributed by atoms with Gasteiger partial charge in [0.05, 0.1) is 33.4 Å². The Morgan fingerprint density at radius 2 is 0.427 bits per heavy atom. The highest BCUT2D eigenvalue weighted by Gasteiger charge is 2.28. The lowest BCUT2D eigenvalue weighted by Gasteiger charge is -2.18. The van der Waals surface area contributed by atoms with Gasteiger partial charge < -0.3 is 28.4 Å². The minimum atomic E-state index is -0.811. The molecule has 0 fully saturated rings. The van der Waals surface area contributed by atoms with Gasteiger partial charge in [-0.3, -0.25) is 29.9 Å². The first kappa shape index (κ1) is 48.0. The van der Waals surface area contributed by atoms with Crippen molar-refractivity contribution >= 4 is 35.8 Å². The van der Waals surface area contributed by atoms with Crippen LogP contribution in [0.4, 0.5) is 0 Å². The second-order valence-electron chi connectivity index (χ2n) is 16.5. The monoisotopic (exact) mass is 996 g/mol. The summed E-state index contributed by atoms with van der Waals surface area (Å²) in [6, 6.07) is 27.7. The largest absolute Gasteiger partial charge is 0.419 e. The van der Waals surface area contributed by atoms with Crippen LogP contribution in [0.15, 0.2) is 184 Å². The minimum absolute atomic E-state index is 0.0346. The molecule has 0 amide bonds. The minimum Gasteiger partial charge on any atom is -0.419 e. The molecule has 9 aromatic rings. The topological polar surface area (TPSA) is 235 Å². The van der Waals surface area contributed by atoms with Crippen LogP contribution in [0.3, 0.4) is 0 Å². The van der Waals surface area contributed by atoms with Crippen LogP contribution in [0.25, 0.3) is 0 Å². The highest BCUT2D eigenvalue weighted by molar-refractivity contribution is 5.95. The van der Waals surface area contributed by atoms with E-state index in [1.54, 1.807) is 72.8 Å². The predicted molar refractivity (Wildman–Crippen MR) is 263 cm³/mol. The number of esters is 6. The molecule has 0 unspecified atom stereocenters. The quantitative estimate of drug-likeness (QED) is 0.0824. The van der Waals surface area contributed by atoms with Crippen LogP contribution in [-0.2, 0) is 19.3 Å². The second-order valence-corrected chi connectivity index (χ2v) is 16.5. The van der Waals surface area contributed by atoms with Crippen molar-refractivity contribution in [2.75, 3.05) is 0 Å². The molecule has 0 radical (unpaired) electrons. The zero-order valence-corrected chi connectivity index (χ0v) is 39.0. The normalized spacial score (nSPS) is 11.4. The van der Waals surface area contributed by atoms with Crippen LogP contribution in [0.1, 0.15) is 95.5 Å². The third kappa shape index (κ3) is 11.3. The summed E-state index contributed by atoms with van der Waals surface area (Å²) in [7, 11) is 0. The lowest BCUT2D eigenvalue weighted by Crippen LogP contribution is -2.14. The molecule has 0 saturated carbocycles. The number of carbonyl (C=O) groups is 6.